The van der Waals surface area contributed by atoms with Crippen molar-refractivity contribution in [1.29, 1.82) is 0 Å². The third-order valence-corrected chi connectivity index (χ3v) is 12.5. The first-order valence-corrected chi connectivity index (χ1v) is 19.9. The summed E-state index contributed by atoms with van der Waals surface area (Å²) < 4.78 is 39.8. The van der Waals surface area contributed by atoms with Crippen LogP contribution in [-0.2, 0) is 0 Å². The van der Waals surface area contributed by atoms with Gasteiger partial charge in [0.1, 0.15) is 22.0 Å². The molecular weight excluding hydrogens is 729 g/mol. The summed E-state index contributed by atoms with van der Waals surface area (Å²) in [6, 6.07) is 45.7. The first-order valence-electron chi connectivity index (χ1n) is 19.0. The predicted octanol–water partition coefficient (Wildman–Crippen LogP) is 15.2. The second-order valence-electron chi connectivity index (χ2n) is 15.2. The van der Waals surface area contributed by atoms with Crippen LogP contribution in [0.2, 0.25) is 0 Å². The maximum Gasteiger partial charge on any atom is 0.214 e. The Hall–Kier alpha value is -6.70. The molecular formula is C50H35F2N3OS. The summed E-state index contributed by atoms with van der Waals surface area (Å²) in [7, 11) is 0. The van der Waals surface area contributed by atoms with Crippen LogP contribution < -0.4 is 9.80 Å². The number of aromatic nitrogens is 1. The second-order valence-corrected chi connectivity index (χ2v) is 16.2. The molecule has 0 aliphatic carbocycles. The van der Waals surface area contributed by atoms with Gasteiger partial charge in [-0.15, -0.1) is 11.3 Å². The summed E-state index contributed by atoms with van der Waals surface area (Å²) in [4.78, 5) is 5.35. The number of rotatable bonds is 6. The minimum Gasteiger partial charge on any atom is -0.439 e. The van der Waals surface area contributed by atoms with E-state index in [0.717, 1.165) is 87.8 Å². The molecule has 7 aromatic carbocycles. The minimum atomic E-state index is -0.292. The van der Waals surface area contributed by atoms with Crippen molar-refractivity contribution in [3.8, 4) is 0 Å². The van der Waals surface area contributed by atoms with Crippen LogP contribution in [0.15, 0.2) is 144 Å². The smallest absolute Gasteiger partial charge is 0.214 e. The Morgan fingerprint density at radius 3 is 1.65 bits per heavy atom. The van der Waals surface area contributed by atoms with E-state index < -0.39 is 0 Å². The second kappa shape index (κ2) is 12.4. The molecule has 11 rings (SSSR count). The van der Waals surface area contributed by atoms with E-state index >= 15 is 0 Å². The normalized spacial score (nSPS) is 12.0. The summed E-state index contributed by atoms with van der Waals surface area (Å²) in [5, 5.41) is 6.79. The minimum absolute atomic E-state index is 0.277. The Labute approximate surface area is 331 Å². The van der Waals surface area contributed by atoms with E-state index in [0.29, 0.717) is 0 Å². The van der Waals surface area contributed by atoms with Crippen molar-refractivity contribution in [2.45, 2.75) is 27.7 Å². The molecule has 0 N–H and O–H groups in total. The van der Waals surface area contributed by atoms with E-state index in [-0.39, 0.29) is 11.6 Å². The van der Waals surface area contributed by atoms with Crippen molar-refractivity contribution in [3.05, 3.63) is 173 Å². The first kappa shape index (κ1) is 33.6. The van der Waals surface area contributed by atoms with E-state index in [9.17, 15) is 8.78 Å². The first-order chi connectivity index (χ1) is 27.7. The van der Waals surface area contributed by atoms with Crippen molar-refractivity contribution >= 4 is 104 Å². The number of nitrogens with zero attached hydrogens (tertiary/aromatic N) is 3. The van der Waals surface area contributed by atoms with E-state index in [2.05, 4.69) is 133 Å². The van der Waals surface area contributed by atoms with E-state index in [1.165, 1.54) is 39.4 Å². The highest BCUT2D eigenvalue weighted by molar-refractivity contribution is 7.25. The Balaban J connectivity index is 1.11. The van der Waals surface area contributed by atoms with Crippen LogP contribution in [0, 0.1) is 39.3 Å². The number of furan rings is 1. The molecule has 4 heterocycles. The van der Waals surface area contributed by atoms with Gasteiger partial charge < -0.3 is 14.2 Å². The molecule has 4 nitrogen and oxygen atoms in total. The van der Waals surface area contributed by atoms with Gasteiger partial charge in [-0.3, -0.25) is 4.40 Å². The standard InChI is InChI=1S/C50H35F2N3OS/c1-28-14-20-42(30(3)22-28)53(34-10-5-8-32(51)24-34)36-16-18-38-44(26-36)56-49-46(38)40-12-7-13-41-47-39-19-17-37(27-45(39)57-50(47)55(49)48(40)41)54(35-11-6-9-33(52)25-35)43-21-15-29(2)23-31(43)4/h5-27H,1-4H3. The number of para-hydroxylation sites is 1. The molecule has 276 valence electrons. The molecule has 0 spiro atoms. The fourth-order valence-corrected chi connectivity index (χ4v) is 10.2. The van der Waals surface area contributed by atoms with Gasteiger partial charge in [0, 0.05) is 71.8 Å². The average Bonchev–Trinajstić information content (AvgIpc) is 3.92. The lowest BCUT2D eigenvalue weighted by molar-refractivity contribution is 0.627. The van der Waals surface area contributed by atoms with Gasteiger partial charge in [0.15, 0.2) is 0 Å². The lowest BCUT2D eigenvalue weighted by Gasteiger charge is -2.27. The topological polar surface area (TPSA) is 24.0 Å². The number of fused-ring (bicyclic) bond motifs is 10. The maximum atomic E-state index is 14.7. The highest BCUT2D eigenvalue weighted by Gasteiger charge is 2.26. The van der Waals surface area contributed by atoms with Gasteiger partial charge >= 0.3 is 0 Å². The van der Waals surface area contributed by atoms with Crippen molar-refractivity contribution in [1.82, 2.24) is 4.40 Å². The Bertz CT molecular complexity index is 3190. The summed E-state index contributed by atoms with van der Waals surface area (Å²) in [5.41, 5.74) is 12.6. The lowest BCUT2D eigenvalue weighted by Crippen LogP contribution is -2.11. The number of hydrogen-bond donors (Lipinski definition) is 0. The molecule has 0 aliphatic heterocycles. The largest absolute Gasteiger partial charge is 0.439 e. The van der Waals surface area contributed by atoms with Gasteiger partial charge in [-0.2, -0.15) is 0 Å². The van der Waals surface area contributed by atoms with Crippen molar-refractivity contribution < 1.29 is 13.2 Å². The highest BCUT2D eigenvalue weighted by Crippen LogP contribution is 2.50. The number of halogens is 2. The van der Waals surface area contributed by atoms with E-state index in [4.69, 9.17) is 4.42 Å². The van der Waals surface area contributed by atoms with Gasteiger partial charge in [0.2, 0.25) is 5.71 Å². The molecule has 7 heteroatoms. The number of benzene rings is 7. The number of aryl methyl sites for hydroxylation is 4. The van der Waals surface area contributed by atoms with Crippen LogP contribution in [0.4, 0.5) is 42.9 Å². The molecule has 0 atom stereocenters. The van der Waals surface area contributed by atoms with Gasteiger partial charge in [-0.05, 0) is 112 Å². The van der Waals surface area contributed by atoms with E-state index in [1.54, 1.807) is 35.6 Å². The van der Waals surface area contributed by atoms with Crippen LogP contribution >= 0.6 is 11.3 Å². The Kier molecular flexibility index (Phi) is 7.32. The Morgan fingerprint density at radius 1 is 0.509 bits per heavy atom. The van der Waals surface area contributed by atoms with Gasteiger partial charge in [-0.25, -0.2) is 8.78 Å². The zero-order valence-corrected chi connectivity index (χ0v) is 32.5. The fraction of sp³-hybridized carbons (Fsp3) is 0.0800. The SMILES string of the molecule is Cc1ccc(N(c2cccc(F)c2)c2ccc3c(c2)oc2c3c3cccc4c5c6ccc(N(c7cccc(F)c7)c7ccc(C)cc7C)cc6sc5n2c34)c(C)c1. The summed E-state index contributed by atoms with van der Waals surface area (Å²) in [5.74, 6) is -0.569. The molecule has 11 aromatic rings. The zero-order valence-electron chi connectivity index (χ0n) is 31.7. The molecule has 57 heavy (non-hydrogen) atoms. The van der Waals surface area contributed by atoms with Gasteiger partial charge in [-0.1, -0.05) is 71.8 Å². The van der Waals surface area contributed by atoms with Crippen molar-refractivity contribution in [2.75, 3.05) is 9.80 Å². The maximum absolute atomic E-state index is 14.7. The summed E-state index contributed by atoms with van der Waals surface area (Å²) >= 11 is 1.74. The lowest BCUT2D eigenvalue weighted by atomic mass is 10.0. The summed E-state index contributed by atoms with van der Waals surface area (Å²) in [6.07, 6.45) is 0. The number of thiophene rings is 1. The quantitative estimate of drug-likeness (QED) is 0.169. The molecule has 0 radical (unpaired) electrons. The van der Waals surface area contributed by atoms with Gasteiger partial charge in [0.25, 0.3) is 0 Å². The monoisotopic (exact) mass is 763 g/mol. The van der Waals surface area contributed by atoms with Crippen LogP contribution in [0.25, 0.3) is 58.7 Å². The number of hydrogen-bond acceptors (Lipinski definition) is 4. The highest BCUT2D eigenvalue weighted by atomic mass is 32.1. The third-order valence-electron chi connectivity index (χ3n) is 11.4. The van der Waals surface area contributed by atoms with Gasteiger partial charge in [0.05, 0.1) is 10.9 Å². The third kappa shape index (κ3) is 5.08. The fourth-order valence-electron chi connectivity index (χ4n) is 8.94. The predicted molar refractivity (Wildman–Crippen MR) is 234 cm³/mol. The van der Waals surface area contributed by atoms with Crippen LogP contribution in [0.3, 0.4) is 0 Å². The molecule has 0 bridgehead atoms. The number of anilines is 6. The summed E-state index contributed by atoms with van der Waals surface area (Å²) in [6.45, 7) is 8.36. The molecule has 0 saturated heterocycles. The molecule has 0 unspecified atom stereocenters. The molecule has 0 aliphatic rings. The molecule has 0 fully saturated rings. The average molecular weight is 764 g/mol. The molecule has 0 saturated carbocycles. The molecule has 4 aromatic heterocycles. The van der Waals surface area contributed by atoms with Crippen LogP contribution in [-0.4, -0.2) is 4.40 Å². The van der Waals surface area contributed by atoms with Crippen LogP contribution in [0.1, 0.15) is 22.3 Å². The Morgan fingerprint density at radius 2 is 1.05 bits per heavy atom. The van der Waals surface area contributed by atoms with Crippen molar-refractivity contribution in [3.63, 3.8) is 0 Å². The van der Waals surface area contributed by atoms with E-state index in [1.807, 2.05) is 12.1 Å². The van der Waals surface area contributed by atoms with Crippen molar-refractivity contribution in [2.24, 2.45) is 0 Å². The van der Waals surface area contributed by atoms with Crippen LogP contribution in [0.5, 0.6) is 0 Å². The zero-order chi connectivity index (χ0) is 38.7. The molecule has 0 amide bonds.